The maximum Gasteiger partial charge on any atom is 0.116 e. The summed E-state index contributed by atoms with van der Waals surface area (Å²) in [6.45, 7) is 4.44. The van der Waals surface area contributed by atoms with Crippen molar-refractivity contribution >= 4 is 11.6 Å². The average molecular weight is 208 g/mol. The van der Waals surface area contributed by atoms with E-state index in [0.717, 1.165) is 0 Å². The molecule has 1 atom stereocenters. The van der Waals surface area contributed by atoms with Gasteiger partial charge in [-0.25, -0.2) is 4.39 Å². The predicted molar refractivity (Wildman–Crippen MR) is 51.5 cm³/mol. The minimum absolute atomic E-state index is 0.00579. The van der Waals surface area contributed by atoms with E-state index in [9.17, 15) is 4.39 Å². The Labute approximate surface area is 83.3 Å². The van der Waals surface area contributed by atoms with Gasteiger partial charge in [0.15, 0.2) is 0 Å². The first-order chi connectivity index (χ1) is 5.97. The lowest BCUT2D eigenvalue weighted by Gasteiger charge is -2.28. The van der Waals surface area contributed by atoms with Gasteiger partial charge in [0.2, 0.25) is 0 Å². The van der Waals surface area contributed by atoms with E-state index in [1.807, 2.05) is 25.8 Å². The van der Waals surface area contributed by atoms with E-state index < -0.39 is 0 Å². The number of hydrogen-bond donors (Lipinski definition) is 0. The highest BCUT2D eigenvalue weighted by atomic mass is 35.5. The van der Waals surface area contributed by atoms with Crippen LogP contribution in [0, 0.1) is 0 Å². The smallest absolute Gasteiger partial charge is 0.116 e. The molecule has 76 valence electrons. The fourth-order valence-electron chi connectivity index (χ4n) is 1.32. The number of halogens is 2. The van der Waals surface area contributed by atoms with Crippen molar-refractivity contribution in [3.63, 3.8) is 0 Å². The lowest BCUT2D eigenvalue weighted by atomic mass is 10.2. The van der Waals surface area contributed by atoms with Crippen molar-refractivity contribution in [3.05, 3.63) is 11.9 Å². The van der Waals surface area contributed by atoms with Crippen LogP contribution in [0.3, 0.4) is 0 Å². The molecule has 0 spiro atoms. The fraction of sp³-hybridized carbons (Fsp3) is 0.778. The molecule has 1 aliphatic heterocycles. The van der Waals surface area contributed by atoms with Crippen molar-refractivity contribution in [1.29, 1.82) is 0 Å². The number of ether oxygens (including phenoxy) is 1. The molecule has 1 heterocycles. The van der Waals surface area contributed by atoms with Gasteiger partial charge in [0.1, 0.15) is 11.6 Å². The predicted octanol–water partition coefficient (Wildman–Crippen LogP) is 2.15. The van der Waals surface area contributed by atoms with Gasteiger partial charge in [0, 0.05) is 0 Å². The molecular weight excluding hydrogens is 193 g/mol. The van der Waals surface area contributed by atoms with E-state index in [2.05, 4.69) is 0 Å². The third kappa shape index (κ3) is 2.42. The minimum Gasteiger partial charge on any atom is -0.359 e. The quantitative estimate of drug-likeness (QED) is 0.644. The van der Waals surface area contributed by atoms with Gasteiger partial charge in [-0.05, 0) is 27.0 Å². The number of likely N-dealkylation sites (N-methyl/N-ethyl adjacent to an activating group) is 1. The van der Waals surface area contributed by atoms with E-state index in [4.69, 9.17) is 16.3 Å². The molecule has 0 aromatic carbocycles. The van der Waals surface area contributed by atoms with Crippen molar-refractivity contribution in [2.75, 3.05) is 19.5 Å². The Kier molecular flexibility index (Phi) is 3.33. The third-order valence-electron chi connectivity index (χ3n) is 2.46. The maximum atomic E-state index is 12.9. The second-order valence-corrected chi connectivity index (χ2v) is 3.95. The van der Waals surface area contributed by atoms with Crippen LogP contribution in [0.5, 0.6) is 0 Å². The zero-order valence-electron chi connectivity index (χ0n) is 8.18. The van der Waals surface area contributed by atoms with Gasteiger partial charge in [-0.1, -0.05) is 0 Å². The largest absolute Gasteiger partial charge is 0.359 e. The fourth-order valence-corrected chi connectivity index (χ4v) is 1.40. The highest BCUT2D eigenvalue weighted by Gasteiger charge is 2.36. The summed E-state index contributed by atoms with van der Waals surface area (Å²) in [5.41, 5.74) is -0.312. The van der Waals surface area contributed by atoms with Gasteiger partial charge >= 0.3 is 0 Å². The van der Waals surface area contributed by atoms with E-state index in [0.29, 0.717) is 6.61 Å². The molecule has 0 bridgehead atoms. The van der Waals surface area contributed by atoms with Crippen LogP contribution < -0.4 is 0 Å². The topological polar surface area (TPSA) is 12.5 Å². The highest BCUT2D eigenvalue weighted by Crippen LogP contribution is 2.26. The molecule has 0 radical (unpaired) electrons. The molecule has 0 aromatic heterocycles. The number of hydrogen-bond acceptors (Lipinski definition) is 2. The van der Waals surface area contributed by atoms with Crippen LogP contribution >= 0.6 is 11.6 Å². The third-order valence-corrected chi connectivity index (χ3v) is 2.71. The van der Waals surface area contributed by atoms with E-state index in [-0.39, 0.29) is 23.5 Å². The van der Waals surface area contributed by atoms with Crippen molar-refractivity contribution in [3.8, 4) is 0 Å². The van der Waals surface area contributed by atoms with Crippen LogP contribution in [0.15, 0.2) is 11.9 Å². The normalized spacial score (nSPS) is 29.6. The molecule has 1 fully saturated rings. The van der Waals surface area contributed by atoms with Gasteiger partial charge in [-0.2, -0.15) is 0 Å². The molecular formula is C9H15ClFNO. The Morgan fingerprint density at radius 3 is 2.77 bits per heavy atom. The van der Waals surface area contributed by atoms with E-state index >= 15 is 0 Å². The lowest BCUT2D eigenvalue weighted by Crippen LogP contribution is -2.39. The number of nitrogens with zero attached hydrogens (tertiary/aromatic N) is 1. The van der Waals surface area contributed by atoms with Crippen molar-refractivity contribution in [1.82, 2.24) is 4.90 Å². The molecule has 0 saturated carbocycles. The summed E-state index contributed by atoms with van der Waals surface area (Å²) in [5, 5.41) is 0. The molecule has 0 amide bonds. The highest BCUT2D eigenvalue weighted by molar-refractivity contribution is 6.19. The van der Waals surface area contributed by atoms with Crippen LogP contribution in [0.25, 0.3) is 0 Å². The summed E-state index contributed by atoms with van der Waals surface area (Å²) in [4.78, 5) is 1.99. The summed E-state index contributed by atoms with van der Waals surface area (Å²) < 4.78 is 18.3. The Balaban J connectivity index is 2.66. The molecule has 0 unspecified atom stereocenters. The van der Waals surface area contributed by atoms with Crippen molar-refractivity contribution in [2.45, 2.75) is 25.6 Å². The molecule has 2 nitrogen and oxygen atoms in total. The Hall–Kier alpha value is -0.120. The zero-order chi connectivity index (χ0) is 10.1. The minimum atomic E-state index is -0.312. The molecule has 0 aliphatic carbocycles. The van der Waals surface area contributed by atoms with Crippen molar-refractivity contribution < 1.29 is 9.13 Å². The number of alkyl halides is 1. The molecule has 1 aliphatic rings. The van der Waals surface area contributed by atoms with Gasteiger partial charge in [-0.3, -0.25) is 4.90 Å². The standard InChI is InChI=1S/C9H15ClFNO/c1-9(2)12(3)8(6-13-9)4-7(11)5-10/h4,8H,5-6H2,1-3H3/b7-4+/t8-/m0/s1. The molecule has 0 N–H and O–H groups in total. The van der Waals surface area contributed by atoms with Crippen LogP contribution in [0.4, 0.5) is 4.39 Å². The SMILES string of the molecule is CN1[C@@H](/C=C(/F)CCl)COC1(C)C. The van der Waals surface area contributed by atoms with E-state index in [1.165, 1.54) is 6.08 Å². The van der Waals surface area contributed by atoms with Gasteiger partial charge in [0.05, 0.1) is 18.5 Å². The number of allylic oxidation sites excluding steroid dienone is 1. The first-order valence-electron chi connectivity index (χ1n) is 4.26. The van der Waals surface area contributed by atoms with Crippen LogP contribution in [-0.4, -0.2) is 36.2 Å². The Morgan fingerprint density at radius 1 is 1.77 bits per heavy atom. The molecule has 1 saturated heterocycles. The first kappa shape index (κ1) is 11.0. The second kappa shape index (κ2) is 3.95. The van der Waals surface area contributed by atoms with E-state index in [1.54, 1.807) is 0 Å². The summed E-state index contributed by atoms with van der Waals surface area (Å²) in [5.74, 6) is -0.357. The Morgan fingerprint density at radius 2 is 2.38 bits per heavy atom. The average Bonchev–Trinajstić information content (AvgIpc) is 2.32. The monoisotopic (exact) mass is 207 g/mol. The van der Waals surface area contributed by atoms with Gasteiger partial charge in [-0.15, -0.1) is 11.6 Å². The molecule has 4 heteroatoms. The lowest BCUT2D eigenvalue weighted by molar-refractivity contribution is -0.0402. The summed E-state index contributed by atoms with van der Waals surface area (Å²) in [7, 11) is 1.91. The summed E-state index contributed by atoms with van der Waals surface area (Å²) in [6.07, 6.45) is 1.52. The van der Waals surface area contributed by atoms with Gasteiger partial charge < -0.3 is 4.74 Å². The molecule has 1 rings (SSSR count). The second-order valence-electron chi connectivity index (χ2n) is 3.68. The summed E-state index contributed by atoms with van der Waals surface area (Å²) in [6, 6.07) is -0.00579. The summed E-state index contributed by atoms with van der Waals surface area (Å²) >= 11 is 5.35. The van der Waals surface area contributed by atoms with Crippen LogP contribution in [0.1, 0.15) is 13.8 Å². The number of rotatable bonds is 2. The Bertz CT molecular complexity index is 218. The van der Waals surface area contributed by atoms with Crippen LogP contribution in [-0.2, 0) is 4.74 Å². The molecule has 13 heavy (non-hydrogen) atoms. The van der Waals surface area contributed by atoms with Gasteiger partial charge in [0.25, 0.3) is 0 Å². The zero-order valence-corrected chi connectivity index (χ0v) is 8.94. The molecule has 0 aromatic rings. The maximum absolute atomic E-state index is 12.9. The van der Waals surface area contributed by atoms with Crippen molar-refractivity contribution in [2.24, 2.45) is 0 Å². The van der Waals surface area contributed by atoms with Crippen LogP contribution in [0.2, 0.25) is 0 Å². The first-order valence-corrected chi connectivity index (χ1v) is 4.80.